The summed E-state index contributed by atoms with van der Waals surface area (Å²) in [6, 6.07) is 55.7. The van der Waals surface area contributed by atoms with Gasteiger partial charge in [-0.25, -0.2) is 19.9 Å². The van der Waals surface area contributed by atoms with Gasteiger partial charge in [0.25, 0.3) is 0 Å². The van der Waals surface area contributed by atoms with Gasteiger partial charge >= 0.3 is 0 Å². The zero-order chi connectivity index (χ0) is 30.0. The molecule has 0 fully saturated rings. The second kappa shape index (κ2) is 11.5. The Morgan fingerprint density at radius 2 is 0.822 bits per heavy atom. The quantitative estimate of drug-likeness (QED) is 0.197. The molecule has 212 valence electrons. The molecule has 0 bridgehead atoms. The smallest absolute Gasteiger partial charge is 0.164 e. The molecule has 5 heteroatoms. The fourth-order valence-corrected chi connectivity index (χ4v) is 5.67. The summed E-state index contributed by atoms with van der Waals surface area (Å²) in [5.41, 5.74) is 9.06. The molecule has 0 saturated carbocycles. The first-order chi connectivity index (χ1) is 22.3. The molecule has 0 aliphatic carbocycles. The van der Waals surface area contributed by atoms with Crippen LogP contribution in [-0.4, -0.2) is 24.5 Å². The lowest BCUT2D eigenvalue weighted by Crippen LogP contribution is -2.01. The van der Waals surface area contributed by atoms with Gasteiger partial charge in [0.15, 0.2) is 17.5 Å². The zero-order valence-electron chi connectivity index (χ0n) is 24.3. The van der Waals surface area contributed by atoms with Crippen molar-refractivity contribution in [1.82, 2.24) is 24.5 Å². The molecule has 0 saturated heterocycles. The van der Waals surface area contributed by atoms with Crippen molar-refractivity contribution in [2.45, 2.75) is 0 Å². The molecule has 0 amide bonds. The molecule has 0 aliphatic rings. The highest BCUT2D eigenvalue weighted by molar-refractivity contribution is 5.84. The fourth-order valence-electron chi connectivity index (χ4n) is 5.67. The first kappa shape index (κ1) is 26.4. The van der Waals surface area contributed by atoms with Crippen molar-refractivity contribution in [3.05, 3.63) is 164 Å². The summed E-state index contributed by atoms with van der Waals surface area (Å²) < 4.78 is 2.22. The molecule has 2 aromatic heterocycles. The second-order valence-electron chi connectivity index (χ2n) is 10.8. The molecule has 2 heterocycles. The molecule has 45 heavy (non-hydrogen) atoms. The lowest BCUT2D eigenvalue weighted by molar-refractivity contribution is 1.07. The van der Waals surface area contributed by atoms with E-state index >= 15 is 0 Å². The van der Waals surface area contributed by atoms with Gasteiger partial charge < -0.3 is 0 Å². The van der Waals surface area contributed by atoms with Crippen molar-refractivity contribution in [3.8, 4) is 62.4 Å². The summed E-state index contributed by atoms with van der Waals surface area (Å²) in [4.78, 5) is 19.9. The Hall–Kier alpha value is -6.20. The molecular weight excluding hydrogens is 550 g/mol. The summed E-state index contributed by atoms with van der Waals surface area (Å²) in [5, 5.41) is 0. The van der Waals surface area contributed by atoms with E-state index in [0.29, 0.717) is 17.5 Å². The van der Waals surface area contributed by atoms with Crippen LogP contribution < -0.4 is 0 Å². The Morgan fingerprint density at radius 3 is 1.49 bits per heavy atom. The molecule has 5 nitrogen and oxygen atoms in total. The van der Waals surface area contributed by atoms with E-state index in [-0.39, 0.29) is 0 Å². The number of hydrogen-bond acceptors (Lipinski definition) is 4. The molecule has 0 aliphatic heterocycles. The van der Waals surface area contributed by atoms with Crippen LogP contribution in [-0.2, 0) is 0 Å². The number of rotatable bonds is 6. The van der Waals surface area contributed by atoms with Crippen molar-refractivity contribution >= 4 is 11.0 Å². The first-order valence-electron chi connectivity index (χ1n) is 14.9. The number of aromatic nitrogens is 5. The summed E-state index contributed by atoms with van der Waals surface area (Å²) in [7, 11) is 0. The van der Waals surface area contributed by atoms with Gasteiger partial charge in [-0.3, -0.25) is 4.57 Å². The summed E-state index contributed by atoms with van der Waals surface area (Å²) in [6.07, 6.45) is 0. The standard InChI is InChI=1S/C40H27N5/c1-4-14-28(15-5-1)31-20-12-22-33(26-31)40-41-35-24-10-11-25-36(35)45(40)34-23-13-21-32(27-34)39-43-37(29-16-6-2-7-17-29)42-38(44-39)30-18-8-3-9-19-30/h1-27H. The predicted molar refractivity (Wildman–Crippen MR) is 182 cm³/mol. The van der Waals surface area contributed by atoms with Crippen LogP contribution in [0, 0.1) is 0 Å². The average Bonchev–Trinajstić information content (AvgIpc) is 3.53. The molecule has 0 radical (unpaired) electrons. The number of hydrogen-bond donors (Lipinski definition) is 0. The third-order valence-electron chi connectivity index (χ3n) is 7.85. The molecule has 0 N–H and O–H groups in total. The molecule has 0 atom stereocenters. The van der Waals surface area contributed by atoms with Crippen LogP contribution in [0.4, 0.5) is 0 Å². The maximum Gasteiger partial charge on any atom is 0.164 e. The van der Waals surface area contributed by atoms with E-state index in [9.17, 15) is 0 Å². The number of para-hydroxylation sites is 2. The van der Waals surface area contributed by atoms with Crippen molar-refractivity contribution in [3.63, 3.8) is 0 Å². The van der Waals surface area contributed by atoms with Gasteiger partial charge in [-0.2, -0.15) is 0 Å². The first-order valence-corrected chi connectivity index (χ1v) is 14.9. The van der Waals surface area contributed by atoms with Crippen molar-refractivity contribution in [2.24, 2.45) is 0 Å². The highest BCUT2D eigenvalue weighted by Crippen LogP contribution is 2.33. The van der Waals surface area contributed by atoms with Crippen LogP contribution in [0.25, 0.3) is 73.4 Å². The number of benzene rings is 6. The Bertz CT molecular complexity index is 2200. The summed E-state index contributed by atoms with van der Waals surface area (Å²) in [6.45, 7) is 0. The minimum atomic E-state index is 0.613. The number of imidazole rings is 1. The van der Waals surface area contributed by atoms with Crippen LogP contribution in [0.3, 0.4) is 0 Å². The van der Waals surface area contributed by atoms with Crippen LogP contribution in [0.15, 0.2) is 164 Å². The molecule has 6 aromatic carbocycles. The Kier molecular flexibility index (Phi) is 6.74. The van der Waals surface area contributed by atoms with Crippen LogP contribution >= 0.6 is 0 Å². The third-order valence-corrected chi connectivity index (χ3v) is 7.85. The summed E-state index contributed by atoms with van der Waals surface area (Å²) >= 11 is 0. The maximum atomic E-state index is 5.13. The molecular formula is C40H27N5. The number of nitrogens with zero attached hydrogens (tertiary/aromatic N) is 5. The SMILES string of the molecule is c1ccc(-c2cccc(-c3nc4ccccc4n3-c3cccc(-c4nc(-c5ccccc5)nc(-c5ccccc5)n4)c3)c2)cc1. The zero-order valence-corrected chi connectivity index (χ0v) is 24.3. The number of fused-ring (bicyclic) bond motifs is 1. The average molecular weight is 578 g/mol. The Balaban J connectivity index is 1.29. The molecule has 8 rings (SSSR count). The van der Waals surface area contributed by atoms with Gasteiger partial charge in [0.1, 0.15) is 5.82 Å². The van der Waals surface area contributed by atoms with Gasteiger partial charge in [0.05, 0.1) is 11.0 Å². The van der Waals surface area contributed by atoms with E-state index in [0.717, 1.165) is 50.4 Å². The maximum absolute atomic E-state index is 5.13. The van der Waals surface area contributed by atoms with Gasteiger partial charge in [-0.1, -0.05) is 133 Å². The topological polar surface area (TPSA) is 56.5 Å². The van der Waals surface area contributed by atoms with Crippen LogP contribution in [0.2, 0.25) is 0 Å². The van der Waals surface area contributed by atoms with Crippen molar-refractivity contribution in [1.29, 1.82) is 0 Å². The van der Waals surface area contributed by atoms with Crippen LogP contribution in [0.5, 0.6) is 0 Å². The van der Waals surface area contributed by atoms with Crippen molar-refractivity contribution < 1.29 is 0 Å². The normalized spacial score (nSPS) is 11.1. The van der Waals surface area contributed by atoms with E-state index < -0.39 is 0 Å². The summed E-state index contributed by atoms with van der Waals surface area (Å²) in [5.74, 6) is 2.76. The largest absolute Gasteiger partial charge is 0.292 e. The van der Waals surface area contributed by atoms with E-state index in [1.807, 2.05) is 72.8 Å². The molecule has 0 unspecified atom stereocenters. The van der Waals surface area contributed by atoms with Crippen LogP contribution in [0.1, 0.15) is 0 Å². The van der Waals surface area contributed by atoms with E-state index in [2.05, 4.69) is 95.6 Å². The monoisotopic (exact) mass is 577 g/mol. The Labute approximate surface area is 261 Å². The highest BCUT2D eigenvalue weighted by atomic mass is 15.1. The van der Waals surface area contributed by atoms with Gasteiger partial charge in [0.2, 0.25) is 0 Å². The van der Waals surface area contributed by atoms with Gasteiger partial charge in [0, 0.05) is 27.9 Å². The highest BCUT2D eigenvalue weighted by Gasteiger charge is 2.17. The van der Waals surface area contributed by atoms with Gasteiger partial charge in [-0.15, -0.1) is 0 Å². The van der Waals surface area contributed by atoms with E-state index in [1.165, 1.54) is 5.56 Å². The van der Waals surface area contributed by atoms with E-state index in [4.69, 9.17) is 19.9 Å². The minimum absolute atomic E-state index is 0.613. The lowest BCUT2D eigenvalue weighted by Gasteiger charge is -2.13. The predicted octanol–water partition coefficient (Wildman–Crippen LogP) is 9.55. The molecule has 0 spiro atoms. The second-order valence-corrected chi connectivity index (χ2v) is 10.8. The van der Waals surface area contributed by atoms with E-state index in [1.54, 1.807) is 0 Å². The third kappa shape index (κ3) is 5.17. The molecule has 8 aromatic rings. The fraction of sp³-hybridized carbons (Fsp3) is 0. The van der Waals surface area contributed by atoms with Gasteiger partial charge in [-0.05, 0) is 41.5 Å². The Morgan fingerprint density at radius 1 is 0.333 bits per heavy atom. The minimum Gasteiger partial charge on any atom is -0.292 e. The van der Waals surface area contributed by atoms with Crippen molar-refractivity contribution in [2.75, 3.05) is 0 Å². The lowest BCUT2D eigenvalue weighted by atomic mass is 10.0.